The highest BCUT2D eigenvalue weighted by Crippen LogP contribution is 2.51. The van der Waals surface area contributed by atoms with Crippen molar-refractivity contribution in [1.29, 1.82) is 0 Å². The van der Waals surface area contributed by atoms with Crippen LogP contribution in [0.4, 0.5) is 0 Å². The lowest BCUT2D eigenvalue weighted by Gasteiger charge is -2.42. The van der Waals surface area contributed by atoms with Gasteiger partial charge in [-0.25, -0.2) is 4.79 Å². The minimum absolute atomic E-state index is 0.0613. The third-order valence-corrected chi connectivity index (χ3v) is 6.96. The summed E-state index contributed by atoms with van der Waals surface area (Å²) in [6.07, 6.45) is 2.49. The quantitative estimate of drug-likeness (QED) is 0.520. The van der Waals surface area contributed by atoms with Crippen molar-refractivity contribution in [3.8, 4) is 0 Å². The number of methoxy groups -OCH3 is 1. The number of hydrogen-bond donors (Lipinski definition) is 0. The first kappa shape index (κ1) is 19.1. The molecule has 3 rings (SSSR count). The number of hydrogen-bond acceptors (Lipinski definition) is 8. The third-order valence-electron chi connectivity index (χ3n) is 4.41. The molecule has 3 aliphatic rings. The van der Waals surface area contributed by atoms with Crippen LogP contribution in [0.25, 0.3) is 0 Å². The summed E-state index contributed by atoms with van der Waals surface area (Å²) in [5, 5.41) is -0.453. The molecule has 26 heavy (non-hydrogen) atoms. The normalized spacial score (nSPS) is 24.5. The van der Waals surface area contributed by atoms with Gasteiger partial charge in [0.15, 0.2) is 0 Å². The Kier molecular flexibility index (Phi) is 5.53. The lowest BCUT2D eigenvalue weighted by molar-refractivity contribution is -0.141. The van der Waals surface area contributed by atoms with Gasteiger partial charge in [-0.2, -0.15) is 0 Å². The van der Waals surface area contributed by atoms with Gasteiger partial charge in [0.25, 0.3) is 0 Å². The molecule has 0 saturated heterocycles. The fourth-order valence-corrected chi connectivity index (χ4v) is 6.05. The SMILES string of the molecule is CCOC(=O)C1=C2C=C(C)C[C@H]3[C@H](C(=O)OC)SC(SCC)=C(C1=O)N23. The van der Waals surface area contributed by atoms with Crippen molar-refractivity contribution in [2.75, 3.05) is 19.5 Å². The van der Waals surface area contributed by atoms with Crippen LogP contribution in [0, 0.1) is 0 Å². The van der Waals surface area contributed by atoms with E-state index in [1.165, 1.54) is 30.6 Å². The van der Waals surface area contributed by atoms with E-state index in [0.717, 1.165) is 15.6 Å². The van der Waals surface area contributed by atoms with Crippen LogP contribution in [-0.4, -0.2) is 53.4 Å². The summed E-state index contributed by atoms with van der Waals surface area (Å²) in [4.78, 5) is 39.8. The van der Waals surface area contributed by atoms with E-state index in [9.17, 15) is 14.4 Å². The molecule has 0 N–H and O–H groups in total. The smallest absolute Gasteiger partial charge is 0.344 e. The molecule has 0 bridgehead atoms. The van der Waals surface area contributed by atoms with Gasteiger partial charge in [0.2, 0.25) is 5.78 Å². The van der Waals surface area contributed by atoms with Crippen LogP contribution in [-0.2, 0) is 23.9 Å². The Morgan fingerprint density at radius 1 is 1.38 bits per heavy atom. The Morgan fingerprint density at radius 2 is 2.12 bits per heavy atom. The molecule has 0 radical (unpaired) electrons. The van der Waals surface area contributed by atoms with Crippen LogP contribution in [0.2, 0.25) is 0 Å². The molecule has 0 aromatic heterocycles. The Hall–Kier alpha value is -1.67. The topological polar surface area (TPSA) is 72.9 Å². The summed E-state index contributed by atoms with van der Waals surface area (Å²) in [5.74, 6) is -0.496. The highest BCUT2D eigenvalue weighted by molar-refractivity contribution is 8.22. The number of ketones is 1. The largest absolute Gasteiger partial charge is 0.468 e. The van der Waals surface area contributed by atoms with Gasteiger partial charge in [-0.3, -0.25) is 9.59 Å². The summed E-state index contributed by atoms with van der Waals surface area (Å²) in [6, 6.07) is -0.250. The molecule has 6 nitrogen and oxygen atoms in total. The van der Waals surface area contributed by atoms with Crippen LogP contribution in [0.5, 0.6) is 0 Å². The van der Waals surface area contributed by atoms with Crippen molar-refractivity contribution in [1.82, 2.24) is 4.90 Å². The first-order chi connectivity index (χ1) is 12.4. The molecule has 0 aliphatic carbocycles. The zero-order chi connectivity index (χ0) is 19.0. The van der Waals surface area contributed by atoms with E-state index in [1.54, 1.807) is 6.92 Å². The van der Waals surface area contributed by atoms with E-state index in [4.69, 9.17) is 9.47 Å². The average Bonchev–Trinajstić information content (AvgIpc) is 2.90. The van der Waals surface area contributed by atoms with E-state index >= 15 is 0 Å². The van der Waals surface area contributed by atoms with E-state index < -0.39 is 11.2 Å². The van der Waals surface area contributed by atoms with Gasteiger partial charge >= 0.3 is 11.9 Å². The highest BCUT2D eigenvalue weighted by atomic mass is 32.2. The predicted octanol–water partition coefficient (Wildman–Crippen LogP) is 2.62. The minimum Gasteiger partial charge on any atom is -0.468 e. The maximum absolute atomic E-state index is 13.1. The monoisotopic (exact) mass is 395 g/mol. The standard InChI is InChI=1S/C18H21NO5S2/c1-5-24-16(21)12-10-7-9(3)8-11-15(17(22)23-4)26-18(25-6-2)13(14(12)20)19(10)11/h7,11,15H,5-6,8H2,1-4H3/t11-,15+/m0/s1. The third kappa shape index (κ3) is 2.99. The van der Waals surface area contributed by atoms with Crippen molar-refractivity contribution in [3.05, 3.63) is 32.9 Å². The molecule has 8 heteroatoms. The van der Waals surface area contributed by atoms with Gasteiger partial charge in [-0.1, -0.05) is 24.3 Å². The number of esters is 2. The van der Waals surface area contributed by atoms with E-state index in [1.807, 2.05) is 24.8 Å². The van der Waals surface area contributed by atoms with Crippen molar-refractivity contribution >= 4 is 41.2 Å². The molecule has 0 saturated carbocycles. The first-order valence-electron chi connectivity index (χ1n) is 8.48. The molecule has 0 unspecified atom stereocenters. The number of thioether (sulfide) groups is 2. The molecule has 3 aliphatic heterocycles. The molecular formula is C18H21NO5S2. The second kappa shape index (κ2) is 7.52. The number of ether oxygens (including phenoxy) is 2. The van der Waals surface area contributed by atoms with Crippen molar-refractivity contribution in [2.45, 2.75) is 38.5 Å². The lowest BCUT2D eigenvalue weighted by Crippen LogP contribution is -2.48. The lowest BCUT2D eigenvalue weighted by atomic mass is 9.96. The van der Waals surface area contributed by atoms with E-state index in [2.05, 4.69) is 0 Å². The summed E-state index contributed by atoms with van der Waals surface area (Å²) >= 11 is 2.87. The van der Waals surface area contributed by atoms with Crippen LogP contribution >= 0.6 is 23.5 Å². The second-order valence-corrected chi connectivity index (χ2v) is 8.76. The number of allylic oxidation sites excluding steroid dienone is 2. The predicted molar refractivity (Wildman–Crippen MR) is 101 cm³/mol. The molecular weight excluding hydrogens is 374 g/mol. The molecule has 0 amide bonds. The molecule has 0 spiro atoms. The maximum atomic E-state index is 13.1. The van der Waals surface area contributed by atoms with E-state index in [0.29, 0.717) is 17.8 Å². The molecule has 0 fully saturated rings. The van der Waals surface area contributed by atoms with Crippen LogP contribution < -0.4 is 0 Å². The van der Waals surface area contributed by atoms with Gasteiger partial charge in [0, 0.05) is 0 Å². The zero-order valence-corrected chi connectivity index (χ0v) is 16.8. The van der Waals surface area contributed by atoms with Crippen LogP contribution in [0.15, 0.2) is 32.9 Å². The summed E-state index contributed by atoms with van der Waals surface area (Å²) < 4.78 is 10.9. The Morgan fingerprint density at radius 3 is 2.73 bits per heavy atom. The number of rotatable bonds is 5. The average molecular weight is 396 g/mol. The number of carbonyl (C=O) groups excluding carboxylic acids is 3. The van der Waals surface area contributed by atoms with Gasteiger partial charge in [-0.05, 0) is 32.1 Å². The summed E-state index contributed by atoms with van der Waals surface area (Å²) in [6.45, 7) is 5.83. The number of Topliss-reactive ketones (excluding diaryl/α,β-unsaturated/α-hetero) is 1. The summed E-state index contributed by atoms with van der Waals surface area (Å²) in [5.41, 5.74) is 2.11. The molecule has 2 atom stereocenters. The van der Waals surface area contributed by atoms with Gasteiger partial charge in [0.1, 0.15) is 16.5 Å². The summed E-state index contributed by atoms with van der Waals surface area (Å²) in [7, 11) is 1.37. The van der Waals surface area contributed by atoms with Crippen molar-refractivity contribution in [3.63, 3.8) is 0 Å². The minimum atomic E-state index is -0.612. The number of carbonyl (C=O) groups is 3. The molecule has 140 valence electrons. The van der Waals surface area contributed by atoms with Crippen molar-refractivity contribution in [2.24, 2.45) is 0 Å². The van der Waals surface area contributed by atoms with Crippen molar-refractivity contribution < 1.29 is 23.9 Å². The van der Waals surface area contributed by atoms with Crippen LogP contribution in [0.3, 0.4) is 0 Å². The Balaban J connectivity index is 2.18. The zero-order valence-electron chi connectivity index (χ0n) is 15.2. The Labute approximate surface area is 161 Å². The molecule has 0 aromatic carbocycles. The maximum Gasteiger partial charge on any atom is 0.344 e. The Bertz CT molecular complexity index is 768. The number of nitrogens with zero attached hydrogens (tertiary/aromatic N) is 1. The molecule has 0 aromatic rings. The second-order valence-electron chi connectivity index (χ2n) is 6.07. The van der Waals surface area contributed by atoms with Gasteiger partial charge < -0.3 is 14.4 Å². The van der Waals surface area contributed by atoms with E-state index in [-0.39, 0.29) is 30.0 Å². The van der Waals surface area contributed by atoms with Gasteiger partial charge in [-0.15, -0.1) is 11.8 Å². The highest BCUT2D eigenvalue weighted by Gasteiger charge is 2.52. The fourth-order valence-electron chi connectivity index (χ4n) is 3.42. The first-order valence-corrected chi connectivity index (χ1v) is 10.3. The fraction of sp³-hybridized carbons (Fsp3) is 0.500. The van der Waals surface area contributed by atoms with Gasteiger partial charge in [0.05, 0.1) is 29.7 Å². The molecule has 3 heterocycles. The van der Waals surface area contributed by atoms with Crippen LogP contribution in [0.1, 0.15) is 27.2 Å².